The summed E-state index contributed by atoms with van der Waals surface area (Å²) in [6.07, 6.45) is 0. The Morgan fingerprint density at radius 1 is 1.00 bits per heavy atom. The third kappa shape index (κ3) is 4.59. The van der Waals surface area contributed by atoms with E-state index in [2.05, 4.69) is 59.0 Å². The number of benzene rings is 2. The van der Waals surface area contributed by atoms with E-state index < -0.39 is 0 Å². The van der Waals surface area contributed by atoms with Crippen molar-refractivity contribution in [2.24, 2.45) is 0 Å². The van der Waals surface area contributed by atoms with Crippen LogP contribution in [0.1, 0.15) is 5.56 Å². The van der Waals surface area contributed by atoms with E-state index in [4.69, 9.17) is 0 Å². The van der Waals surface area contributed by atoms with Crippen LogP contribution >= 0.6 is 0 Å². The van der Waals surface area contributed by atoms with Crippen LogP contribution in [0, 0.1) is 0 Å². The zero-order chi connectivity index (χ0) is 17.6. The summed E-state index contributed by atoms with van der Waals surface area (Å²) < 4.78 is 0. The van der Waals surface area contributed by atoms with Crippen molar-refractivity contribution < 1.29 is 4.79 Å². The standard InChI is InChI=1S/C20H26N4O/c1-21-15-16-4-3-5-18(14-16)17-6-8-19(9-7-17)22-20(25)24-12-10-23(2)11-13-24/h3-9,14,21H,10-13,15H2,1-2H3,(H,22,25). The first-order chi connectivity index (χ1) is 12.2. The predicted octanol–water partition coefficient (Wildman–Crippen LogP) is 2.85. The van der Waals surface area contributed by atoms with Gasteiger partial charge in [0.1, 0.15) is 0 Å². The highest BCUT2D eigenvalue weighted by Crippen LogP contribution is 2.22. The molecule has 1 heterocycles. The van der Waals surface area contributed by atoms with Crippen molar-refractivity contribution in [2.45, 2.75) is 6.54 Å². The highest BCUT2D eigenvalue weighted by Gasteiger charge is 2.18. The van der Waals surface area contributed by atoms with Gasteiger partial charge in [0.05, 0.1) is 0 Å². The Labute approximate surface area is 149 Å². The molecule has 2 N–H and O–H groups in total. The summed E-state index contributed by atoms with van der Waals surface area (Å²) in [5, 5.41) is 6.17. The third-order valence-electron chi connectivity index (χ3n) is 4.57. The number of anilines is 1. The summed E-state index contributed by atoms with van der Waals surface area (Å²) in [5.41, 5.74) is 4.42. The number of urea groups is 1. The maximum absolute atomic E-state index is 12.3. The Bertz CT molecular complexity index is 706. The highest BCUT2D eigenvalue weighted by molar-refractivity contribution is 5.89. The number of carbonyl (C=O) groups excluding carboxylic acids is 1. The van der Waals surface area contributed by atoms with Gasteiger partial charge in [0.25, 0.3) is 0 Å². The number of carbonyl (C=O) groups is 1. The van der Waals surface area contributed by atoms with Crippen LogP contribution in [0.4, 0.5) is 10.5 Å². The molecule has 0 aromatic heterocycles. The van der Waals surface area contributed by atoms with E-state index in [1.54, 1.807) is 0 Å². The number of hydrogen-bond donors (Lipinski definition) is 2. The molecule has 1 saturated heterocycles. The van der Waals surface area contributed by atoms with Crippen molar-refractivity contribution in [3.8, 4) is 11.1 Å². The van der Waals surface area contributed by atoms with Gasteiger partial charge in [-0.3, -0.25) is 0 Å². The molecule has 0 unspecified atom stereocenters. The quantitative estimate of drug-likeness (QED) is 0.901. The minimum atomic E-state index is -0.0168. The monoisotopic (exact) mass is 338 g/mol. The summed E-state index contributed by atoms with van der Waals surface area (Å²) in [6.45, 7) is 4.26. The number of nitrogens with one attached hydrogen (secondary N) is 2. The summed E-state index contributed by atoms with van der Waals surface area (Å²) in [5.74, 6) is 0. The van der Waals surface area contributed by atoms with Gasteiger partial charge in [-0.25, -0.2) is 4.79 Å². The smallest absolute Gasteiger partial charge is 0.321 e. The Hall–Kier alpha value is -2.37. The van der Waals surface area contributed by atoms with Crippen molar-refractivity contribution in [3.05, 3.63) is 54.1 Å². The molecule has 0 spiro atoms. The van der Waals surface area contributed by atoms with E-state index in [0.717, 1.165) is 44.0 Å². The molecule has 0 saturated carbocycles. The molecule has 5 heteroatoms. The van der Waals surface area contributed by atoms with E-state index in [9.17, 15) is 4.79 Å². The molecule has 0 aliphatic carbocycles. The van der Waals surface area contributed by atoms with Gasteiger partial charge in [-0.05, 0) is 49.0 Å². The molecular weight excluding hydrogens is 312 g/mol. The van der Waals surface area contributed by atoms with Crippen LogP contribution in [0.25, 0.3) is 11.1 Å². The van der Waals surface area contributed by atoms with Crippen molar-refractivity contribution in [1.82, 2.24) is 15.1 Å². The first-order valence-electron chi connectivity index (χ1n) is 8.74. The summed E-state index contributed by atoms with van der Waals surface area (Å²) in [4.78, 5) is 16.4. The first-order valence-corrected chi connectivity index (χ1v) is 8.74. The topological polar surface area (TPSA) is 47.6 Å². The van der Waals surface area contributed by atoms with Gasteiger partial charge in [-0.1, -0.05) is 30.3 Å². The SMILES string of the molecule is CNCc1cccc(-c2ccc(NC(=O)N3CCN(C)CC3)cc2)c1. The van der Waals surface area contributed by atoms with Crippen molar-refractivity contribution in [2.75, 3.05) is 45.6 Å². The van der Waals surface area contributed by atoms with Gasteiger partial charge in [-0.15, -0.1) is 0 Å². The van der Waals surface area contributed by atoms with Gasteiger partial charge in [-0.2, -0.15) is 0 Å². The molecule has 1 aliphatic heterocycles. The number of likely N-dealkylation sites (N-methyl/N-ethyl adjacent to an activating group) is 1. The molecule has 2 aromatic carbocycles. The van der Waals surface area contributed by atoms with Crippen LogP contribution in [-0.4, -0.2) is 56.1 Å². The normalized spacial score (nSPS) is 15.2. The molecule has 132 valence electrons. The molecule has 0 radical (unpaired) electrons. The van der Waals surface area contributed by atoms with Crippen LogP contribution in [0.3, 0.4) is 0 Å². The maximum Gasteiger partial charge on any atom is 0.321 e. The average molecular weight is 338 g/mol. The number of piperazine rings is 1. The second kappa shape index (κ2) is 8.14. The minimum Gasteiger partial charge on any atom is -0.322 e. The van der Waals surface area contributed by atoms with E-state index in [1.807, 2.05) is 24.1 Å². The second-order valence-electron chi connectivity index (χ2n) is 6.53. The lowest BCUT2D eigenvalue weighted by Gasteiger charge is -2.32. The van der Waals surface area contributed by atoms with Crippen LogP contribution in [0.15, 0.2) is 48.5 Å². The fourth-order valence-corrected chi connectivity index (χ4v) is 3.02. The largest absolute Gasteiger partial charge is 0.322 e. The van der Waals surface area contributed by atoms with E-state index in [-0.39, 0.29) is 6.03 Å². The zero-order valence-corrected chi connectivity index (χ0v) is 15.0. The molecule has 1 aliphatic rings. The zero-order valence-electron chi connectivity index (χ0n) is 15.0. The second-order valence-corrected chi connectivity index (χ2v) is 6.53. The molecule has 25 heavy (non-hydrogen) atoms. The predicted molar refractivity (Wildman–Crippen MR) is 103 cm³/mol. The van der Waals surface area contributed by atoms with Crippen LogP contribution in [-0.2, 0) is 6.54 Å². The Morgan fingerprint density at radius 2 is 1.72 bits per heavy atom. The van der Waals surface area contributed by atoms with Gasteiger partial charge < -0.3 is 20.4 Å². The first kappa shape index (κ1) is 17.5. The van der Waals surface area contributed by atoms with Gasteiger partial charge in [0, 0.05) is 38.4 Å². The van der Waals surface area contributed by atoms with E-state index in [1.165, 1.54) is 11.1 Å². The fourth-order valence-electron chi connectivity index (χ4n) is 3.02. The average Bonchev–Trinajstić information content (AvgIpc) is 2.63. The Balaban J connectivity index is 1.64. The lowest BCUT2D eigenvalue weighted by atomic mass is 10.0. The maximum atomic E-state index is 12.3. The Kier molecular flexibility index (Phi) is 5.68. The summed E-state index contributed by atoms with van der Waals surface area (Å²) in [7, 11) is 4.03. The van der Waals surface area contributed by atoms with Crippen LogP contribution in [0.2, 0.25) is 0 Å². The van der Waals surface area contributed by atoms with Crippen molar-refractivity contribution in [1.29, 1.82) is 0 Å². The summed E-state index contributed by atoms with van der Waals surface area (Å²) >= 11 is 0. The number of hydrogen-bond acceptors (Lipinski definition) is 3. The molecule has 5 nitrogen and oxygen atoms in total. The summed E-state index contributed by atoms with van der Waals surface area (Å²) in [6, 6.07) is 16.5. The van der Waals surface area contributed by atoms with Crippen molar-refractivity contribution in [3.63, 3.8) is 0 Å². The lowest BCUT2D eigenvalue weighted by Crippen LogP contribution is -2.48. The number of nitrogens with zero attached hydrogens (tertiary/aromatic N) is 2. The van der Waals surface area contributed by atoms with Gasteiger partial charge >= 0.3 is 6.03 Å². The third-order valence-corrected chi connectivity index (χ3v) is 4.57. The highest BCUT2D eigenvalue weighted by atomic mass is 16.2. The van der Waals surface area contributed by atoms with Gasteiger partial charge in [0.15, 0.2) is 0 Å². The van der Waals surface area contributed by atoms with Crippen LogP contribution in [0.5, 0.6) is 0 Å². The molecule has 2 aromatic rings. The van der Waals surface area contributed by atoms with E-state index >= 15 is 0 Å². The molecule has 2 amide bonds. The van der Waals surface area contributed by atoms with Crippen LogP contribution < -0.4 is 10.6 Å². The molecule has 0 atom stereocenters. The molecular formula is C20H26N4O. The number of rotatable bonds is 4. The lowest BCUT2D eigenvalue weighted by molar-refractivity contribution is 0.164. The number of amides is 2. The molecule has 0 bridgehead atoms. The molecule has 3 rings (SSSR count). The molecule has 1 fully saturated rings. The van der Waals surface area contributed by atoms with Crippen molar-refractivity contribution >= 4 is 11.7 Å². The minimum absolute atomic E-state index is 0.0168. The van der Waals surface area contributed by atoms with Gasteiger partial charge in [0.2, 0.25) is 0 Å². The fraction of sp³-hybridized carbons (Fsp3) is 0.350. The Morgan fingerprint density at radius 3 is 2.40 bits per heavy atom. The van der Waals surface area contributed by atoms with E-state index in [0.29, 0.717) is 0 Å².